The van der Waals surface area contributed by atoms with Gasteiger partial charge in [-0.2, -0.15) is 5.26 Å². The van der Waals surface area contributed by atoms with Crippen molar-refractivity contribution >= 4 is 15.9 Å². The highest BCUT2D eigenvalue weighted by Crippen LogP contribution is 2.34. The number of piperidine rings is 1. The van der Waals surface area contributed by atoms with Gasteiger partial charge in [0.05, 0.1) is 6.07 Å². The summed E-state index contributed by atoms with van der Waals surface area (Å²) in [5.41, 5.74) is 1.59. The van der Waals surface area contributed by atoms with Crippen LogP contribution < -0.4 is 0 Å². The third-order valence-corrected chi connectivity index (χ3v) is 4.36. The molecule has 1 aromatic carbocycles. The van der Waals surface area contributed by atoms with Crippen LogP contribution in [0, 0.1) is 16.7 Å². The van der Waals surface area contributed by atoms with Crippen LogP contribution in [-0.2, 0) is 6.54 Å². The van der Waals surface area contributed by atoms with Crippen molar-refractivity contribution in [1.82, 2.24) is 4.90 Å². The molecule has 2 nitrogen and oxygen atoms in total. The average Bonchev–Trinajstić information content (AvgIpc) is 2.33. The van der Waals surface area contributed by atoms with Crippen LogP contribution in [0.5, 0.6) is 0 Å². The highest BCUT2D eigenvalue weighted by Gasteiger charge is 2.29. The van der Waals surface area contributed by atoms with E-state index in [0.29, 0.717) is 6.42 Å². The lowest BCUT2D eigenvalue weighted by molar-refractivity contribution is 0.116. The second kappa shape index (κ2) is 5.86. The zero-order valence-electron chi connectivity index (χ0n) is 10.8. The molecule has 3 heteroatoms. The molecule has 1 aliphatic heterocycles. The van der Waals surface area contributed by atoms with Crippen molar-refractivity contribution in [2.45, 2.75) is 32.7 Å². The van der Waals surface area contributed by atoms with Crippen LogP contribution in [0.15, 0.2) is 28.7 Å². The number of halogens is 1. The molecule has 1 fully saturated rings. The largest absolute Gasteiger partial charge is 0.299 e. The van der Waals surface area contributed by atoms with Gasteiger partial charge in [0.1, 0.15) is 0 Å². The van der Waals surface area contributed by atoms with Gasteiger partial charge in [-0.3, -0.25) is 4.90 Å². The van der Waals surface area contributed by atoms with Gasteiger partial charge >= 0.3 is 0 Å². The molecule has 0 aliphatic carbocycles. The van der Waals surface area contributed by atoms with Gasteiger partial charge in [-0.15, -0.1) is 0 Å². The van der Waals surface area contributed by atoms with E-state index >= 15 is 0 Å². The van der Waals surface area contributed by atoms with Gasteiger partial charge < -0.3 is 0 Å². The van der Waals surface area contributed by atoms with E-state index in [0.717, 1.165) is 36.9 Å². The summed E-state index contributed by atoms with van der Waals surface area (Å²) < 4.78 is 1.14. The van der Waals surface area contributed by atoms with Crippen molar-refractivity contribution in [2.75, 3.05) is 13.1 Å². The maximum absolute atomic E-state index is 8.85. The number of likely N-dealkylation sites (tertiary alicyclic amines) is 1. The van der Waals surface area contributed by atoms with Crippen LogP contribution in [0.1, 0.15) is 31.7 Å². The average molecular weight is 307 g/mol. The van der Waals surface area contributed by atoms with Crippen LogP contribution in [0.25, 0.3) is 0 Å². The first kappa shape index (κ1) is 13.6. The molecule has 0 aromatic heterocycles. The summed E-state index contributed by atoms with van der Waals surface area (Å²) in [6.07, 6.45) is 2.96. The Kier molecular flexibility index (Phi) is 4.42. The molecule has 0 radical (unpaired) electrons. The first-order valence-electron chi connectivity index (χ1n) is 6.45. The van der Waals surface area contributed by atoms with Crippen molar-refractivity contribution < 1.29 is 0 Å². The molecule has 0 spiro atoms. The van der Waals surface area contributed by atoms with E-state index in [4.69, 9.17) is 5.26 Å². The van der Waals surface area contributed by atoms with Gasteiger partial charge in [-0.05, 0) is 49.0 Å². The predicted molar refractivity (Wildman–Crippen MR) is 77.0 cm³/mol. The smallest absolute Gasteiger partial charge is 0.0627 e. The van der Waals surface area contributed by atoms with Crippen molar-refractivity contribution in [3.63, 3.8) is 0 Å². The fourth-order valence-corrected chi connectivity index (χ4v) is 2.96. The number of benzene rings is 1. The summed E-state index contributed by atoms with van der Waals surface area (Å²) >= 11 is 3.51. The molecule has 1 aliphatic rings. The molecule has 2 rings (SSSR count). The standard InChI is InChI=1S/C15H19BrN2/c1-15(5-8-17)6-9-18(10-7-15)12-13-3-2-4-14(16)11-13/h2-4,11H,5-7,9-10,12H2,1H3. The van der Waals surface area contributed by atoms with Crippen LogP contribution in [0.4, 0.5) is 0 Å². The summed E-state index contributed by atoms with van der Waals surface area (Å²) in [5, 5.41) is 8.85. The third-order valence-electron chi connectivity index (χ3n) is 3.86. The fourth-order valence-electron chi connectivity index (χ4n) is 2.51. The summed E-state index contributed by atoms with van der Waals surface area (Å²) in [4.78, 5) is 2.49. The first-order chi connectivity index (χ1) is 8.61. The minimum atomic E-state index is 0.239. The Morgan fingerprint density at radius 1 is 1.39 bits per heavy atom. The minimum Gasteiger partial charge on any atom is -0.299 e. The summed E-state index contributed by atoms with van der Waals surface area (Å²) in [6, 6.07) is 10.8. The third kappa shape index (κ3) is 3.57. The summed E-state index contributed by atoms with van der Waals surface area (Å²) in [6.45, 7) is 5.46. The molecule has 96 valence electrons. The Labute approximate surface area is 118 Å². The Morgan fingerprint density at radius 3 is 2.72 bits per heavy atom. The molecule has 0 unspecified atom stereocenters. The number of nitrogens with zero attached hydrogens (tertiary/aromatic N) is 2. The second-order valence-corrected chi connectivity index (χ2v) is 6.47. The highest BCUT2D eigenvalue weighted by atomic mass is 79.9. The minimum absolute atomic E-state index is 0.239. The normalized spacial score (nSPS) is 19.4. The van der Waals surface area contributed by atoms with Gasteiger partial charge in [0.25, 0.3) is 0 Å². The van der Waals surface area contributed by atoms with Gasteiger partial charge in [-0.25, -0.2) is 0 Å². The van der Waals surface area contributed by atoms with Crippen LogP contribution in [0.3, 0.4) is 0 Å². The highest BCUT2D eigenvalue weighted by molar-refractivity contribution is 9.10. The lowest BCUT2D eigenvalue weighted by Crippen LogP contribution is -2.38. The Bertz CT molecular complexity index is 442. The van der Waals surface area contributed by atoms with Gasteiger partial charge in [0.15, 0.2) is 0 Å². The van der Waals surface area contributed by atoms with Gasteiger partial charge in [0.2, 0.25) is 0 Å². The second-order valence-electron chi connectivity index (χ2n) is 5.55. The van der Waals surface area contributed by atoms with Crippen LogP contribution in [-0.4, -0.2) is 18.0 Å². The topological polar surface area (TPSA) is 27.0 Å². The van der Waals surface area contributed by atoms with E-state index in [-0.39, 0.29) is 5.41 Å². The monoisotopic (exact) mass is 306 g/mol. The quantitative estimate of drug-likeness (QED) is 0.845. The van der Waals surface area contributed by atoms with Crippen molar-refractivity contribution in [2.24, 2.45) is 5.41 Å². The molecule has 0 bridgehead atoms. The van der Waals surface area contributed by atoms with Crippen molar-refractivity contribution in [3.8, 4) is 6.07 Å². The molecule has 1 saturated heterocycles. The Morgan fingerprint density at radius 2 is 2.11 bits per heavy atom. The van der Waals surface area contributed by atoms with Gasteiger partial charge in [-0.1, -0.05) is 35.0 Å². The molecule has 1 aromatic rings. The van der Waals surface area contributed by atoms with E-state index in [1.165, 1.54) is 5.56 Å². The van der Waals surface area contributed by atoms with Crippen LogP contribution >= 0.6 is 15.9 Å². The van der Waals surface area contributed by atoms with E-state index < -0.39 is 0 Å². The zero-order chi connectivity index (χ0) is 13.0. The maximum atomic E-state index is 8.85. The first-order valence-corrected chi connectivity index (χ1v) is 7.24. The number of rotatable bonds is 3. The molecular formula is C15H19BrN2. The molecule has 1 heterocycles. The van der Waals surface area contributed by atoms with E-state index in [9.17, 15) is 0 Å². The van der Waals surface area contributed by atoms with E-state index in [1.54, 1.807) is 0 Å². The predicted octanol–water partition coefficient (Wildman–Crippen LogP) is 3.96. The van der Waals surface area contributed by atoms with Gasteiger partial charge in [0, 0.05) is 17.4 Å². The number of hydrogen-bond donors (Lipinski definition) is 0. The summed E-state index contributed by atoms with van der Waals surface area (Å²) in [5.74, 6) is 0. The molecule has 0 N–H and O–H groups in total. The van der Waals surface area contributed by atoms with Crippen LogP contribution in [0.2, 0.25) is 0 Å². The van der Waals surface area contributed by atoms with E-state index in [2.05, 4.69) is 58.1 Å². The summed E-state index contributed by atoms with van der Waals surface area (Å²) in [7, 11) is 0. The van der Waals surface area contributed by atoms with Crippen molar-refractivity contribution in [1.29, 1.82) is 5.26 Å². The lowest BCUT2D eigenvalue weighted by Gasteiger charge is -2.38. The molecule has 0 saturated carbocycles. The van der Waals surface area contributed by atoms with E-state index in [1.807, 2.05) is 0 Å². The molecule has 18 heavy (non-hydrogen) atoms. The lowest BCUT2D eigenvalue weighted by atomic mass is 9.78. The Hall–Kier alpha value is -0.850. The number of hydrogen-bond acceptors (Lipinski definition) is 2. The Balaban J connectivity index is 1.89. The number of nitriles is 1. The molecule has 0 atom stereocenters. The molecular weight excluding hydrogens is 288 g/mol. The fraction of sp³-hybridized carbons (Fsp3) is 0.533. The molecule has 0 amide bonds. The SMILES string of the molecule is CC1(CC#N)CCN(Cc2cccc(Br)c2)CC1. The maximum Gasteiger partial charge on any atom is 0.0627 e. The van der Waals surface area contributed by atoms with Crippen molar-refractivity contribution in [3.05, 3.63) is 34.3 Å². The zero-order valence-corrected chi connectivity index (χ0v) is 12.4.